The summed E-state index contributed by atoms with van der Waals surface area (Å²) in [6, 6.07) is 15.6. The summed E-state index contributed by atoms with van der Waals surface area (Å²) in [5.41, 5.74) is 1.43. The second kappa shape index (κ2) is 9.44. The summed E-state index contributed by atoms with van der Waals surface area (Å²) in [4.78, 5) is 8.40. The number of rotatable bonds is 5. The quantitative estimate of drug-likeness (QED) is 0.277. The van der Waals surface area contributed by atoms with Crippen molar-refractivity contribution < 1.29 is 21.6 Å². The largest absolute Gasteiger partial charge is 0.416 e. The molecule has 1 aromatic heterocycles. The maximum atomic E-state index is 12.8. The fourth-order valence-electron chi connectivity index (χ4n) is 3.13. The van der Waals surface area contributed by atoms with Crippen molar-refractivity contribution >= 4 is 61.1 Å². The monoisotopic (exact) mass is 518 g/mol. The van der Waals surface area contributed by atoms with Gasteiger partial charge in [-0.15, -0.1) is 0 Å². The van der Waals surface area contributed by atoms with Crippen molar-refractivity contribution in [1.82, 2.24) is 9.97 Å². The Balaban J connectivity index is 1.51. The molecule has 180 valence electrons. The zero-order valence-electron chi connectivity index (χ0n) is 17.7. The first-order valence-corrected chi connectivity index (χ1v) is 11.8. The predicted octanol–water partition coefficient (Wildman–Crippen LogP) is 4.85. The number of aromatic nitrogens is 2. The number of halogens is 3. The maximum absolute atomic E-state index is 12.8. The normalized spacial score (nSPS) is 11.8. The molecule has 4 rings (SSSR count). The molecule has 8 nitrogen and oxygen atoms in total. The lowest BCUT2D eigenvalue weighted by Gasteiger charge is -2.13. The second-order valence-corrected chi connectivity index (χ2v) is 9.27. The van der Waals surface area contributed by atoms with Gasteiger partial charge < -0.3 is 16.0 Å². The molecule has 4 aromatic rings. The van der Waals surface area contributed by atoms with Gasteiger partial charge in [0.2, 0.25) is 10.0 Å². The van der Waals surface area contributed by atoms with Gasteiger partial charge in [-0.2, -0.15) is 13.2 Å². The zero-order valence-corrected chi connectivity index (χ0v) is 19.3. The molecule has 35 heavy (non-hydrogen) atoms. The molecule has 0 spiro atoms. The lowest BCUT2D eigenvalue weighted by molar-refractivity contribution is -0.137. The van der Waals surface area contributed by atoms with Gasteiger partial charge in [-0.3, -0.25) is 0 Å². The minimum Gasteiger partial charge on any atom is -0.340 e. The minimum absolute atomic E-state index is 0.0236. The first-order valence-electron chi connectivity index (χ1n) is 9.89. The van der Waals surface area contributed by atoms with Crippen LogP contribution in [0.4, 0.5) is 36.1 Å². The van der Waals surface area contributed by atoms with E-state index in [0.29, 0.717) is 33.8 Å². The molecule has 0 saturated carbocycles. The van der Waals surface area contributed by atoms with E-state index in [0.717, 1.165) is 12.1 Å². The van der Waals surface area contributed by atoms with Crippen LogP contribution in [0.5, 0.6) is 0 Å². The Bertz CT molecular complexity index is 1490. The Kier molecular flexibility index (Phi) is 6.56. The number of primary sulfonamides is 1. The number of nitrogens with one attached hydrogen (secondary N) is 3. The van der Waals surface area contributed by atoms with Crippen molar-refractivity contribution in [2.45, 2.75) is 11.1 Å². The van der Waals surface area contributed by atoms with Crippen LogP contribution in [0, 0.1) is 0 Å². The van der Waals surface area contributed by atoms with E-state index in [9.17, 15) is 21.6 Å². The Morgan fingerprint density at radius 1 is 0.857 bits per heavy atom. The third-order valence-electron chi connectivity index (χ3n) is 4.81. The third-order valence-corrected chi connectivity index (χ3v) is 5.94. The molecule has 5 N–H and O–H groups in total. The fraction of sp³-hybridized carbons (Fsp3) is 0.0455. The van der Waals surface area contributed by atoms with Crippen LogP contribution in [-0.2, 0) is 16.2 Å². The number of hydrogen-bond acceptors (Lipinski definition) is 6. The lowest BCUT2D eigenvalue weighted by atomic mass is 10.2. The summed E-state index contributed by atoms with van der Waals surface area (Å²) in [6.07, 6.45) is -3.07. The first kappa shape index (κ1) is 24.3. The highest BCUT2D eigenvalue weighted by Gasteiger charge is 2.29. The van der Waals surface area contributed by atoms with Gasteiger partial charge in [-0.1, -0.05) is 0 Å². The highest BCUT2D eigenvalue weighted by atomic mass is 32.2. The average molecular weight is 519 g/mol. The van der Waals surface area contributed by atoms with Crippen LogP contribution in [0.1, 0.15) is 5.56 Å². The molecule has 0 unspecified atom stereocenters. The maximum Gasteiger partial charge on any atom is 0.416 e. The predicted molar refractivity (Wildman–Crippen MR) is 132 cm³/mol. The molecule has 0 atom stereocenters. The van der Waals surface area contributed by atoms with Gasteiger partial charge in [0.05, 0.1) is 16.0 Å². The van der Waals surface area contributed by atoms with E-state index in [1.165, 1.54) is 42.7 Å². The number of nitrogens with zero attached hydrogens (tertiary/aromatic N) is 2. The molecular weight excluding hydrogens is 501 g/mol. The number of nitrogens with two attached hydrogens (primary N) is 1. The zero-order chi connectivity index (χ0) is 25.2. The molecule has 0 aliphatic rings. The second-order valence-electron chi connectivity index (χ2n) is 7.30. The van der Waals surface area contributed by atoms with Crippen LogP contribution in [0.3, 0.4) is 0 Å². The van der Waals surface area contributed by atoms with Crippen LogP contribution < -0.4 is 21.1 Å². The van der Waals surface area contributed by atoms with Crippen LogP contribution >= 0.6 is 12.2 Å². The summed E-state index contributed by atoms with van der Waals surface area (Å²) in [6.45, 7) is 0. The molecule has 3 aromatic carbocycles. The highest BCUT2D eigenvalue weighted by molar-refractivity contribution is 7.89. The topological polar surface area (TPSA) is 122 Å². The number of thiocarbonyl (C=S) groups is 1. The average Bonchev–Trinajstić information content (AvgIpc) is 2.79. The highest BCUT2D eigenvalue weighted by Crippen LogP contribution is 2.31. The number of sulfonamides is 1. The van der Waals surface area contributed by atoms with Crippen LogP contribution in [-0.4, -0.2) is 23.5 Å². The van der Waals surface area contributed by atoms with E-state index in [-0.39, 0.29) is 10.0 Å². The van der Waals surface area contributed by atoms with Gasteiger partial charge in [0.1, 0.15) is 12.1 Å². The van der Waals surface area contributed by atoms with E-state index in [1.54, 1.807) is 18.2 Å². The van der Waals surface area contributed by atoms with Gasteiger partial charge in [0.15, 0.2) is 5.11 Å². The van der Waals surface area contributed by atoms with Crippen molar-refractivity contribution in [3.05, 3.63) is 78.6 Å². The molecule has 13 heteroatoms. The van der Waals surface area contributed by atoms with E-state index < -0.39 is 21.8 Å². The summed E-state index contributed by atoms with van der Waals surface area (Å²) in [5.74, 6) is 0.399. The van der Waals surface area contributed by atoms with Gasteiger partial charge in [0, 0.05) is 22.4 Å². The Morgan fingerprint density at radius 2 is 1.46 bits per heavy atom. The molecule has 0 bridgehead atoms. The number of anilines is 4. The lowest BCUT2D eigenvalue weighted by Crippen LogP contribution is -2.19. The van der Waals surface area contributed by atoms with E-state index in [1.807, 2.05) is 0 Å². The van der Waals surface area contributed by atoms with E-state index in [2.05, 4.69) is 25.9 Å². The summed E-state index contributed by atoms with van der Waals surface area (Å²) in [7, 11) is -3.80. The minimum atomic E-state index is -4.42. The van der Waals surface area contributed by atoms with Gasteiger partial charge in [-0.25, -0.2) is 23.5 Å². The van der Waals surface area contributed by atoms with Gasteiger partial charge in [-0.05, 0) is 78.9 Å². The molecule has 0 saturated heterocycles. The number of benzene rings is 3. The molecule has 0 amide bonds. The van der Waals surface area contributed by atoms with Crippen molar-refractivity contribution in [2.24, 2.45) is 5.14 Å². The smallest absolute Gasteiger partial charge is 0.340 e. The Hall–Kier alpha value is -3.81. The summed E-state index contributed by atoms with van der Waals surface area (Å²) < 4.78 is 61.2. The molecule has 0 aliphatic heterocycles. The molecular formula is C22H17F3N6O2S2. The van der Waals surface area contributed by atoms with E-state index in [4.69, 9.17) is 17.4 Å². The SMILES string of the molecule is NS(=O)(=O)c1ccc(NC(=S)Nc2ccc3ncnc(Nc4ccc(C(F)(F)F)cc4)c3c2)cc1. The number of hydrogen-bond donors (Lipinski definition) is 4. The van der Waals surface area contributed by atoms with Crippen molar-refractivity contribution in [3.63, 3.8) is 0 Å². The van der Waals surface area contributed by atoms with Gasteiger partial charge in [0.25, 0.3) is 0 Å². The standard InChI is InChI=1S/C22H17F3N6O2S2/c23-22(24,25)13-1-3-14(4-2-13)29-20-18-11-16(7-10-19(18)27-12-28-20)31-21(34)30-15-5-8-17(9-6-15)35(26,32)33/h1-12H,(H2,26,32,33)(H,27,28,29)(H2,30,31,34). The van der Waals surface area contributed by atoms with Crippen LogP contribution in [0.2, 0.25) is 0 Å². The van der Waals surface area contributed by atoms with Crippen molar-refractivity contribution in [2.75, 3.05) is 16.0 Å². The van der Waals surface area contributed by atoms with E-state index >= 15 is 0 Å². The Labute approximate surface area is 203 Å². The summed E-state index contributed by atoms with van der Waals surface area (Å²) >= 11 is 5.32. The first-order chi connectivity index (χ1) is 16.5. The molecule has 0 aliphatic carbocycles. The van der Waals surface area contributed by atoms with Crippen LogP contribution in [0.15, 0.2) is 78.0 Å². The Morgan fingerprint density at radius 3 is 2.09 bits per heavy atom. The molecule has 0 fully saturated rings. The molecule has 0 radical (unpaired) electrons. The number of alkyl halides is 3. The van der Waals surface area contributed by atoms with Crippen molar-refractivity contribution in [1.29, 1.82) is 0 Å². The summed E-state index contributed by atoms with van der Waals surface area (Å²) in [5, 5.41) is 14.9. The van der Waals surface area contributed by atoms with Gasteiger partial charge >= 0.3 is 6.18 Å². The molecule has 1 heterocycles. The fourth-order valence-corrected chi connectivity index (χ4v) is 3.89. The third kappa shape index (κ3) is 6.01. The van der Waals surface area contributed by atoms with Crippen LogP contribution in [0.25, 0.3) is 10.9 Å². The number of fused-ring (bicyclic) bond motifs is 1. The van der Waals surface area contributed by atoms with Crippen molar-refractivity contribution in [3.8, 4) is 0 Å².